The molecule has 0 aromatic heterocycles. The van der Waals surface area contributed by atoms with Crippen molar-refractivity contribution in [3.05, 3.63) is 0 Å². The summed E-state index contributed by atoms with van der Waals surface area (Å²) < 4.78 is 0. The largest absolute Gasteiger partial charge is 0.299 e. The van der Waals surface area contributed by atoms with Crippen molar-refractivity contribution >= 4 is 5.78 Å². The average molecular weight is 238 g/mol. The first-order valence-electron chi connectivity index (χ1n) is 7.80. The van der Waals surface area contributed by atoms with Crippen LogP contribution in [-0.2, 0) is 4.79 Å². The molecular formula is C16H30O. The van der Waals surface area contributed by atoms with Gasteiger partial charge in [-0.05, 0) is 38.0 Å². The van der Waals surface area contributed by atoms with Crippen LogP contribution in [-0.4, -0.2) is 5.78 Å². The summed E-state index contributed by atoms with van der Waals surface area (Å²) in [6, 6.07) is 0. The van der Waals surface area contributed by atoms with Crippen molar-refractivity contribution in [2.75, 3.05) is 0 Å². The Labute approximate surface area is 107 Å². The molecule has 17 heavy (non-hydrogen) atoms. The normalized spacial score (nSPS) is 24.8. The zero-order valence-corrected chi connectivity index (χ0v) is 11.8. The zero-order valence-electron chi connectivity index (χ0n) is 11.8. The quantitative estimate of drug-likeness (QED) is 0.536. The van der Waals surface area contributed by atoms with E-state index < -0.39 is 0 Å². The predicted octanol–water partition coefficient (Wildman–Crippen LogP) is 5.13. The van der Waals surface area contributed by atoms with Gasteiger partial charge in [0.1, 0.15) is 5.78 Å². The number of ketones is 1. The smallest absolute Gasteiger partial charge is 0.135 e. The van der Waals surface area contributed by atoms with E-state index in [0.29, 0.717) is 11.7 Å². The second-order valence-electron chi connectivity index (χ2n) is 5.78. The highest BCUT2D eigenvalue weighted by molar-refractivity contribution is 5.80. The summed E-state index contributed by atoms with van der Waals surface area (Å²) in [4.78, 5) is 12.0. The Kier molecular flexibility index (Phi) is 7.55. The van der Waals surface area contributed by atoms with Gasteiger partial charge in [0.2, 0.25) is 0 Å². The van der Waals surface area contributed by atoms with Crippen LogP contribution in [0.25, 0.3) is 0 Å². The van der Waals surface area contributed by atoms with Gasteiger partial charge in [0, 0.05) is 12.3 Å². The van der Waals surface area contributed by atoms with Gasteiger partial charge in [-0.1, -0.05) is 46.0 Å². The van der Waals surface area contributed by atoms with E-state index >= 15 is 0 Å². The maximum absolute atomic E-state index is 12.0. The Hall–Kier alpha value is -0.330. The van der Waals surface area contributed by atoms with Crippen molar-refractivity contribution < 1.29 is 4.79 Å². The minimum absolute atomic E-state index is 0.421. The lowest BCUT2D eigenvalue weighted by Gasteiger charge is -2.27. The minimum Gasteiger partial charge on any atom is -0.299 e. The summed E-state index contributed by atoms with van der Waals surface area (Å²) in [6.07, 6.45) is 13.4. The third-order valence-electron chi connectivity index (χ3n) is 4.28. The molecule has 0 N–H and O–H groups in total. The van der Waals surface area contributed by atoms with Crippen molar-refractivity contribution in [3.8, 4) is 0 Å². The molecule has 1 aliphatic rings. The summed E-state index contributed by atoms with van der Waals surface area (Å²) in [5, 5.41) is 0. The number of unbranched alkanes of at least 4 members (excludes halogenated alkanes) is 3. The van der Waals surface area contributed by atoms with E-state index in [9.17, 15) is 4.79 Å². The van der Waals surface area contributed by atoms with Crippen molar-refractivity contribution in [2.45, 2.75) is 84.5 Å². The highest BCUT2D eigenvalue weighted by atomic mass is 16.1. The zero-order chi connectivity index (χ0) is 12.5. The summed E-state index contributed by atoms with van der Waals surface area (Å²) in [6.45, 7) is 4.49. The standard InChI is InChI=1S/C16H30O/c1-3-5-6-7-9-16(17)15-12-10-14(8-4-2)11-13-15/h14-15H,3-13H2,1-2H3. The van der Waals surface area contributed by atoms with Gasteiger partial charge in [0.25, 0.3) is 0 Å². The number of carbonyl (C=O) groups is 1. The van der Waals surface area contributed by atoms with Crippen molar-refractivity contribution in [1.29, 1.82) is 0 Å². The molecule has 0 radical (unpaired) electrons. The van der Waals surface area contributed by atoms with Crippen LogP contribution in [0, 0.1) is 11.8 Å². The van der Waals surface area contributed by atoms with Gasteiger partial charge in [-0.15, -0.1) is 0 Å². The first-order chi connectivity index (χ1) is 8.27. The fourth-order valence-corrected chi connectivity index (χ4v) is 3.11. The summed E-state index contributed by atoms with van der Waals surface area (Å²) in [7, 11) is 0. The number of rotatable bonds is 8. The van der Waals surface area contributed by atoms with Crippen LogP contribution in [0.5, 0.6) is 0 Å². The third kappa shape index (κ3) is 5.70. The van der Waals surface area contributed by atoms with E-state index in [1.807, 2.05) is 0 Å². The highest BCUT2D eigenvalue weighted by Gasteiger charge is 2.24. The fourth-order valence-electron chi connectivity index (χ4n) is 3.11. The van der Waals surface area contributed by atoms with E-state index in [1.165, 1.54) is 57.8 Å². The lowest BCUT2D eigenvalue weighted by Crippen LogP contribution is -2.21. The molecule has 0 aromatic carbocycles. The van der Waals surface area contributed by atoms with E-state index in [2.05, 4.69) is 13.8 Å². The molecule has 0 unspecified atom stereocenters. The molecule has 0 atom stereocenters. The molecule has 0 aromatic rings. The predicted molar refractivity (Wildman–Crippen MR) is 74.1 cm³/mol. The summed E-state index contributed by atoms with van der Waals surface area (Å²) >= 11 is 0. The minimum atomic E-state index is 0.421. The Morgan fingerprint density at radius 3 is 2.24 bits per heavy atom. The Morgan fingerprint density at radius 2 is 1.65 bits per heavy atom. The lowest BCUT2D eigenvalue weighted by molar-refractivity contribution is -0.124. The van der Waals surface area contributed by atoms with Crippen molar-refractivity contribution in [3.63, 3.8) is 0 Å². The van der Waals surface area contributed by atoms with Crippen LogP contribution in [0.2, 0.25) is 0 Å². The van der Waals surface area contributed by atoms with Crippen LogP contribution >= 0.6 is 0 Å². The molecule has 0 saturated heterocycles. The van der Waals surface area contributed by atoms with Gasteiger partial charge >= 0.3 is 0 Å². The van der Waals surface area contributed by atoms with Crippen molar-refractivity contribution in [1.82, 2.24) is 0 Å². The summed E-state index contributed by atoms with van der Waals surface area (Å²) in [5.41, 5.74) is 0. The molecule has 1 rings (SSSR count). The van der Waals surface area contributed by atoms with Gasteiger partial charge in [-0.2, -0.15) is 0 Å². The van der Waals surface area contributed by atoms with Gasteiger partial charge in [-0.25, -0.2) is 0 Å². The average Bonchev–Trinajstić information content (AvgIpc) is 2.36. The number of hydrogen-bond donors (Lipinski definition) is 0. The fraction of sp³-hybridized carbons (Fsp3) is 0.938. The topological polar surface area (TPSA) is 17.1 Å². The molecule has 1 aliphatic carbocycles. The van der Waals surface area contributed by atoms with Gasteiger partial charge in [-0.3, -0.25) is 4.79 Å². The van der Waals surface area contributed by atoms with Gasteiger partial charge < -0.3 is 0 Å². The highest BCUT2D eigenvalue weighted by Crippen LogP contribution is 2.32. The first-order valence-corrected chi connectivity index (χ1v) is 7.80. The van der Waals surface area contributed by atoms with Crippen LogP contribution in [0.4, 0.5) is 0 Å². The summed E-state index contributed by atoms with van der Waals surface area (Å²) in [5.74, 6) is 1.91. The Bertz CT molecular complexity index is 202. The molecule has 1 heteroatoms. The Morgan fingerprint density at radius 1 is 0.941 bits per heavy atom. The van der Waals surface area contributed by atoms with Gasteiger partial charge in [0.05, 0.1) is 0 Å². The number of hydrogen-bond acceptors (Lipinski definition) is 1. The molecule has 0 amide bonds. The van der Waals surface area contributed by atoms with E-state index in [0.717, 1.165) is 18.8 Å². The molecule has 0 heterocycles. The number of Topliss-reactive ketones (excluding diaryl/α,β-unsaturated/α-hetero) is 1. The van der Waals surface area contributed by atoms with Crippen LogP contribution in [0.15, 0.2) is 0 Å². The maximum Gasteiger partial charge on any atom is 0.135 e. The van der Waals surface area contributed by atoms with E-state index in [-0.39, 0.29) is 0 Å². The lowest BCUT2D eigenvalue weighted by atomic mass is 9.77. The van der Waals surface area contributed by atoms with Crippen LogP contribution in [0.3, 0.4) is 0 Å². The molecule has 1 saturated carbocycles. The molecular weight excluding hydrogens is 208 g/mol. The van der Waals surface area contributed by atoms with E-state index in [1.54, 1.807) is 0 Å². The Balaban J connectivity index is 2.12. The third-order valence-corrected chi connectivity index (χ3v) is 4.28. The molecule has 0 spiro atoms. The SMILES string of the molecule is CCCCCCC(=O)C1CCC(CCC)CC1. The molecule has 1 fully saturated rings. The maximum atomic E-state index is 12.0. The second kappa shape index (κ2) is 8.72. The monoisotopic (exact) mass is 238 g/mol. The molecule has 100 valence electrons. The van der Waals surface area contributed by atoms with Crippen molar-refractivity contribution in [2.24, 2.45) is 11.8 Å². The van der Waals surface area contributed by atoms with E-state index in [4.69, 9.17) is 0 Å². The molecule has 1 nitrogen and oxygen atoms in total. The molecule has 0 aliphatic heterocycles. The first kappa shape index (κ1) is 14.7. The van der Waals surface area contributed by atoms with Gasteiger partial charge in [0.15, 0.2) is 0 Å². The van der Waals surface area contributed by atoms with Crippen LogP contribution < -0.4 is 0 Å². The number of carbonyl (C=O) groups excluding carboxylic acids is 1. The van der Waals surface area contributed by atoms with Crippen LogP contribution in [0.1, 0.15) is 84.5 Å². The molecule has 0 bridgehead atoms. The second-order valence-corrected chi connectivity index (χ2v) is 5.78.